The van der Waals surface area contributed by atoms with E-state index in [1.807, 2.05) is 0 Å². The summed E-state index contributed by atoms with van der Waals surface area (Å²) in [5.41, 5.74) is 0.732. The zero-order valence-electron chi connectivity index (χ0n) is 17.1. The van der Waals surface area contributed by atoms with E-state index in [9.17, 15) is 22.0 Å². The quantitative estimate of drug-likeness (QED) is 0.441. The molecule has 0 saturated heterocycles. The van der Waals surface area contributed by atoms with Crippen LogP contribution in [0, 0.1) is 35.2 Å². The molecule has 30 heavy (non-hydrogen) atoms. The summed E-state index contributed by atoms with van der Waals surface area (Å²) in [5, 5.41) is -0.472. The van der Waals surface area contributed by atoms with E-state index < -0.39 is 35.2 Å². The van der Waals surface area contributed by atoms with Gasteiger partial charge in [0, 0.05) is 0 Å². The van der Waals surface area contributed by atoms with Crippen molar-refractivity contribution in [2.75, 3.05) is 0 Å². The molecular weight excluding hydrogens is 399 g/mol. The maximum absolute atomic E-state index is 14.8. The Kier molecular flexibility index (Phi) is 6.21. The van der Waals surface area contributed by atoms with E-state index in [1.54, 1.807) is 6.07 Å². The minimum absolute atomic E-state index is 0.0374. The standard InChI is InChI=1S/C24H27F5O/c1-2-3-13-4-5-15-9-16(7-6-14(15)8-13)17-10-18-12-20(26)23(30-24(28)29)22(27)21(18)19(25)11-17/h10-16,24H,2-9H2,1H3/t13-,14?,15-,16?/m1/s1. The largest absolute Gasteiger partial charge is 0.429 e. The number of fused-ring (bicyclic) bond motifs is 2. The van der Waals surface area contributed by atoms with Crippen LogP contribution in [0.5, 0.6) is 5.75 Å². The fourth-order valence-corrected chi connectivity index (χ4v) is 5.81. The van der Waals surface area contributed by atoms with Crippen LogP contribution >= 0.6 is 0 Å². The predicted molar refractivity (Wildman–Crippen MR) is 106 cm³/mol. The van der Waals surface area contributed by atoms with Gasteiger partial charge in [0.2, 0.25) is 0 Å². The van der Waals surface area contributed by atoms with Gasteiger partial charge in [-0.25, -0.2) is 13.2 Å². The number of hydrogen-bond acceptors (Lipinski definition) is 1. The molecule has 2 aromatic rings. The summed E-state index contributed by atoms with van der Waals surface area (Å²) in [6.07, 6.45) is 9.22. The van der Waals surface area contributed by atoms with Crippen LogP contribution in [0.4, 0.5) is 22.0 Å². The van der Waals surface area contributed by atoms with Crippen LogP contribution in [0.1, 0.15) is 69.8 Å². The van der Waals surface area contributed by atoms with Crippen molar-refractivity contribution < 1.29 is 26.7 Å². The lowest BCUT2D eigenvalue weighted by Gasteiger charge is -2.42. The van der Waals surface area contributed by atoms with Crippen molar-refractivity contribution in [1.29, 1.82) is 0 Å². The second-order valence-corrected chi connectivity index (χ2v) is 8.98. The van der Waals surface area contributed by atoms with Gasteiger partial charge in [-0.2, -0.15) is 8.78 Å². The molecule has 2 aliphatic carbocycles. The number of hydrogen-bond donors (Lipinski definition) is 0. The third-order valence-corrected chi connectivity index (χ3v) is 7.16. The monoisotopic (exact) mass is 426 g/mol. The molecule has 2 unspecified atom stereocenters. The summed E-state index contributed by atoms with van der Waals surface area (Å²) in [7, 11) is 0. The Morgan fingerprint density at radius 2 is 1.67 bits per heavy atom. The van der Waals surface area contributed by atoms with Crippen LogP contribution < -0.4 is 4.74 Å². The first-order valence-corrected chi connectivity index (χ1v) is 10.9. The number of benzene rings is 2. The predicted octanol–water partition coefficient (Wildman–Crippen LogP) is 7.96. The van der Waals surface area contributed by atoms with E-state index in [0.717, 1.165) is 42.7 Å². The van der Waals surface area contributed by atoms with Gasteiger partial charge in [0.05, 0.1) is 5.39 Å². The van der Waals surface area contributed by atoms with Crippen LogP contribution in [0.3, 0.4) is 0 Å². The summed E-state index contributed by atoms with van der Waals surface area (Å²) in [6, 6.07) is 3.76. The molecule has 0 N–H and O–H groups in total. The van der Waals surface area contributed by atoms with Gasteiger partial charge in [0.1, 0.15) is 5.82 Å². The molecule has 0 aromatic heterocycles. The first-order valence-electron chi connectivity index (χ1n) is 10.9. The Labute approximate surface area is 173 Å². The van der Waals surface area contributed by atoms with Gasteiger partial charge in [-0.3, -0.25) is 0 Å². The lowest BCUT2D eigenvalue weighted by Crippen LogP contribution is -2.30. The minimum atomic E-state index is -3.39. The molecule has 0 amide bonds. The average Bonchev–Trinajstić information content (AvgIpc) is 2.70. The molecule has 0 radical (unpaired) electrons. The summed E-state index contributed by atoms with van der Waals surface area (Å²) in [5.74, 6) is -2.48. The number of alkyl halides is 2. The summed E-state index contributed by atoms with van der Waals surface area (Å²) in [6.45, 7) is -1.16. The van der Waals surface area contributed by atoms with Crippen LogP contribution in [-0.2, 0) is 0 Å². The number of rotatable bonds is 5. The Hall–Kier alpha value is -1.85. The van der Waals surface area contributed by atoms with E-state index >= 15 is 0 Å². The van der Waals surface area contributed by atoms with Gasteiger partial charge >= 0.3 is 6.61 Å². The highest BCUT2D eigenvalue weighted by Gasteiger charge is 2.36. The van der Waals surface area contributed by atoms with E-state index in [4.69, 9.17) is 0 Å². The maximum Gasteiger partial charge on any atom is 0.387 e. The van der Waals surface area contributed by atoms with Gasteiger partial charge < -0.3 is 4.74 Å². The topological polar surface area (TPSA) is 9.23 Å². The normalized spacial score (nSPS) is 26.8. The highest BCUT2D eigenvalue weighted by molar-refractivity contribution is 5.86. The maximum atomic E-state index is 14.8. The molecule has 4 rings (SSSR count). The molecule has 0 aliphatic heterocycles. The lowest BCUT2D eigenvalue weighted by molar-refractivity contribution is -0.0544. The Bertz CT molecular complexity index is 912. The van der Waals surface area contributed by atoms with Gasteiger partial charge in [0.25, 0.3) is 0 Å². The summed E-state index contributed by atoms with van der Waals surface area (Å²) in [4.78, 5) is 0. The molecule has 2 saturated carbocycles. The van der Waals surface area contributed by atoms with E-state index in [1.165, 1.54) is 38.2 Å². The molecule has 2 fully saturated rings. The number of ether oxygens (including phenoxy) is 1. The molecule has 0 heterocycles. The van der Waals surface area contributed by atoms with Crippen LogP contribution in [0.25, 0.3) is 10.8 Å². The zero-order chi connectivity index (χ0) is 21.4. The zero-order valence-corrected chi connectivity index (χ0v) is 17.1. The molecule has 6 heteroatoms. The third-order valence-electron chi connectivity index (χ3n) is 7.16. The molecule has 164 valence electrons. The van der Waals surface area contributed by atoms with Crippen molar-refractivity contribution >= 4 is 10.8 Å². The lowest BCUT2D eigenvalue weighted by atomic mass is 9.63. The van der Waals surface area contributed by atoms with Crippen molar-refractivity contribution in [1.82, 2.24) is 0 Å². The van der Waals surface area contributed by atoms with E-state index in [2.05, 4.69) is 11.7 Å². The average molecular weight is 426 g/mol. The van der Waals surface area contributed by atoms with Gasteiger partial charge in [-0.05, 0) is 78.9 Å². The van der Waals surface area contributed by atoms with Crippen molar-refractivity contribution in [3.05, 3.63) is 41.2 Å². The van der Waals surface area contributed by atoms with Crippen LogP contribution in [0.2, 0.25) is 0 Å². The Morgan fingerprint density at radius 3 is 2.40 bits per heavy atom. The van der Waals surface area contributed by atoms with Crippen molar-refractivity contribution in [3.63, 3.8) is 0 Å². The second-order valence-electron chi connectivity index (χ2n) is 8.98. The fourth-order valence-electron chi connectivity index (χ4n) is 5.81. The Balaban J connectivity index is 1.59. The number of halogens is 5. The summed E-state index contributed by atoms with van der Waals surface area (Å²) < 4.78 is 72.2. The summed E-state index contributed by atoms with van der Waals surface area (Å²) >= 11 is 0. The Morgan fingerprint density at radius 1 is 0.933 bits per heavy atom. The molecule has 4 atom stereocenters. The van der Waals surface area contributed by atoms with Crippen molar-refractivity contribution in [2.45, 2.75) is 70.8 Å². The van der Waals surface area contributed by atoms with Crippen molar-refractivity contribution in [2.24, 2.45) is 17.8 Å². The second kappa shape index (κ2) is 8.72. The van der Waals surface area contributed by atoms with Crippen molar-refractivity contribution in [3.8, 4) is 5.75 Å². The molecule has 0 bridgehead atoms. The SMILES string of the molecule is CCC[C@@H]1CC[C@@H]2CC(c3cc(F)c4c(F)c(OC(F)F)c(F)cc4c3)CCC2C1. The first-order chi connectivity index (χ1) is 14.4. The van der Waals surface area contributed by atoms with E-state index in [-0.39, 0.29) is 11.3 Å². The van der Waals surface area contributed by atoms with E-state index in [0.29, 0.717) is 5.92 Å². The smallest absolute Gasteiger partial charge is 0.387 e. The van der Waals surface area contributed by atoms with Gasteiger partial charge in [-0.15, -0.1) is 0 Å². The minimum Gasteiger partial charge on any atom is -0.429 e. The molecule has 1 nitrogen and oxygen atoms in total. The molecule has 0 spiro atoms. The van der Waals surface area contributed by atoms with Crippen LogP contribution in [0.15, 0.2) is 18.2 Å². The molecule has 2 aromatic carbocycles. The first kappa shape index (κ1) is 21.4. The molecular formula is C24H27F5O. The fraction of sp³-hybridized carbons (Fsp3) is 0.583. The highest BCUT2D eigenvalue weighted by atomic mass is 19.3. The van der Waals surface area contributed by atoms with Gasteiger partial charge in [0.15, 0.2) is 17.4 Å². The molecule has 2 aliphatic rings. The third kappa shape index (κ3) is 4.15. The highest BCUT2D eigenvalue weighted by Crippen LogP contribution is 2.49. The van der Waals surface area contributed by atoms with Gasteiger partial charge in [-0.1, -0.05) is 32.3 Å². The van der Waals surface area contributed by atoms with Crippen LogP contribution in [-0.4, -0.2) is 6.61 Å².